The number of hydrogen-bond donors (Lipinski definition) is 1. The quantitative estimate of drug-likeness (QED) is 0.528. The minimum Gasteiger partial charge on any atom is -0.357 e. The number of aromatic nitrogens is 3. The van der Waals surface area contributed by atoms with E-state index in [1.54, 1.807) is 11.0 Å². The Morgan fingerprint density at radius 1 is 1.28 bits per heavy atom. The average molecular weight is 405 g/mol. The molecule has 2 heterocycles. The van der Waals surface area contributed by atoms with Gasteiger partial charge in [-0.2, -0.15) is 5.10 Å². The monoisotopic (exact) mass is 404 g/mol. The molecule has 0 radical (unpaired) electrons. The van der Waals surface area contributed by atoms with Gasteiger partial charge in [0.2, 0.25) is 5.91 Å². The lowest BCUT2D eigenvalue weighted by Crippen LogP contribution is -2.50. The van der Waals surface area contributed by atoms with Gasteiger partial charge < -0.3 is 15.1 Å². The largest absolute Gasteiger partial charge is 0.357 e. The zero-order valence-corrected chi connectivity index (χ0v) is 18.2. The molecular weight excluding hydrogens is 368 g/mol. The Labute approximate surface area is 174 Å². The van der Waals surface area contributed by atoms with E-state index in [9.17, 15) is 4.79 Å². The Morgan fingerprint density at radius 2 is 2.00 bits per heavy atom. The second-order valence-corrected chi connectivity index (χ2v) is 8.04. The second kappa shape index (κ2) is 10.6. The summed E-state index contributed by atoms with van der Waals surface area (Å²) in [5.74, 6) is 2.46. The number of aliphatic imine (C=N–C) groups is 1. The number of carbonyl (C=O) groups is 1. The van der Waals surface area contributed by atoms with Crippen LogP contribution in [0.1, 0.15) is 38.4 Å². The average Bonchev–Trinajstić information content (AvgIpc) is 3.40. The van der Waals surface area contributed by atoms with Crippen molar-refractivity contribution in [2.24, 2.45) is 18.0 Å². The zero-order chi connectivity index (χ0) is 20.6. The molecule has 0 spiro atoms. The maximum absolute atomic E-state index is 12.6. The molecule has 1 aliphatic heterocycles. The highest BCUT2D eigenvalue weighted by Crippen LogP contribution is 2.26. The van der Waals surface area contributed by atoms with Crippen molar-refractivity contribution < 1.29 is 4.79 Å². The summed E-state index contributed by atoms with van der Waals surface area (Å²) < 4.78 is 1.78. The Balaban J connectivity index is 1.43. The van der Waals surface area contributed by atoms with Crippen LogP contribution in [0.2, 0.25) is 0 Å². The number of nitrogens with one attached hydrogen (secondary N) is 1. The predicted octanol–water partition coefficient (Wildman–Crippen LogP) is 0.547. The molecule has 29 heavy (non-hydrogen) atoms. The normalized spacial score (nSPS) is 19.0. The van der Waals surface area contributed by atoms with Crippen molar-refractivity contribution in [3.8, 4) is 0 Å². The third kappa shape index (κ3) is 5.91. The van der Waals surface area contributed by atoms with E-state index in [-0.39, 0.29) is 0 Å². The fourth-order valence-corrected chi connectivity index (χ4v) is 4.14. The summed E-state index contributed by atoms with van der Waals surface area (Å²) in [6.45, 7) is 8.80. The molecule has 3 rings (SSSR count). The highest BCUT2D eigenvalue weighted by molar-refractivity contribution is 5.80. The van der Waals surface area contributed by atoms with Crippen molar-refractivity contribution in [2.75, 3.05) is 52.9 Å². The van der Waals surface area contributed by atoms with Crippen molar-refractivity contribution >= 4 is 11.9 Å². The summed E-state index contributed by atoms with van der Waals surface area (Å²) in [7, 11) is 3.92. The number of guanidine groups is 1. The Bertz CT molecular complexity index is 674. The lowest BCUT2D eigenvalue weighted by Gasteiger charge is -2.35. The number of aryl methyl sites for hydroxylation is 1. The highest BCUT2D eigenvalue weighted by Gasteiger charge is 2.29. The lowest BCUT2D eigenvalue weighted by atomic mass is 10.1. The number of nitrogens with zero attached hydrogens (tertiary/aromatic N) is 7. The molecule has 0 aromatic carbocycles. The standard InChI is InChI=1S/C20H36N8O/c1-4-21-20(25(2)15-18-23-16-24-26(18)3)22-9-10-27-11-13-28(14-12-27)19(29)17-7-5-6-8-17/h16-17H,4-15H2,1-3H3,(H,21,22). The van der Waals surface area contributed by atoms with Gasteiger partial charge in [0.05, 0.1) is 13.1 Å². The van der Waals surface area contributed by atoms with Crippen LogP contribution in [0.15, 0.2) is 11.3 Å². The molecule has 0 atom stereocenters. The summed E-state index contributed by atoms with van der Waals surface area (Å²) >= 11 is 0. The van der Waals surface area contributed by atoms with E-state index in [1.165, 1.54) is 12.8 Å². The van der Waals surface area contributed by atoms with Crippen LogP contribution in [-0.2, 0) is 18.4 Å². The van der Waals surface area contributed by atoms with E-state index in [0.717, 1.165) is 70.4 Å². The molecule has 9 nitrogen and oxygen atoms in total. The van der Waals surface area contributed by atoms with Crippen LogP contribution in [0, 0.1) is 5.92 Å². The number of amides is 1. The first-order chi connectivity index (χ1) is 14.1. The van der Waals surface area contributed by atoms with Gasteiger partial charge in [0.1, 0.15) is 12.2 Å². The van der Waals surface area contributed by atoms with Gasteiger partial charge in [-0.05, 0) is 19.8 Å². The SMILES string of the molecule is CCNC(=NCCN1CCN(C(=O)C2CCCC2)CC1)N(C)Cc1ncnn1C. The zero-order valence-electron chi connectivity index (χ0n) is 18.2. The Hall–Kier alpha value is -2.16. The minimum absolute atomic E-state index is 0.290. The fourth-order valence-electron chi connectivity index (χ4n) is 4.14. The van der Waals surface area contributed by atoms with Gasteiger partial charge in [0.15, 0.2) is 5.96 Å². The highest BCUT2D eigenvalue weighted by atomic mass is 16.2. The fraction of sp³-hybridized carbons (Fsp3) is 0.800. The van der Waals surface area contributed by atoms with Crippen LogP contribution < -0.4 is 5.32 Å². The van der Waals surface area contributed by atoms with Crippen molar-refractivity contribution in [1.82, 2.24) is 34.8 Å². The third-order valence-corrected chi connectivity index (χ3v) is 5.95. The van der Waals surface area contributed by atoms with Crippen LogP contribution in [-0.4, -0.2) is 94.2 Å². The van der Waals surface area contributed by atoms with Crippen molar-refractivity contribution in [3.05, 3.63) is 12.2 Å². The maximum Gasteiger partial charge on any atom is 0.225 e. The smallest absolute Gasteiger partial charge is 0.225 e. The van der Waals surface area contributed by atoms with Gasteiger partial charge in [-0.1, -0.05) is 12.8 Å². The molecule has 1 aliphatic carbocycles. The Kier molecular flexibility index (Phi) is 7.85. The number of hydrogen-bond acceptors (Lipinski definition) is 5. The first-order valence-corrected chi connectivity index (χ1v) is 10.9. The summed E-state index contributed by atoms with van der Waals surface area (Å²) in [6, 6.07) is 0. The number of rotatable bonds is 7. The summed E-state index contributed by atoms with van der Waals surface area (Å²) in [4.78, 5) is 28.2. The number of carbonyl (C=O) groups excluding carboxylic acids is 1. The van der Waals surface area contributed by atoms with Gasteiger partial charge in [-0.15, -0.1) is 0 Å². The molecule has 1 saturated carbocycles. The van der Waals surface area contributed by atoms with Crippen LogP contribution in [0.3, 0.4) is 0 Å². The molecule has 1 aromatic heterocycles. The van der Waals surface area contributed by atoms with Crippen LogP contribution in [0.25, 0.3) is 0 Å². The molecule has 1 N–H and O–H groups in total. The van der Waals surface area contributed by atoms with Gasteiger partial charge >= 0.3 is 0 Å². The summed E-state index contributed by atoms with van der Waals surface area (Å²) in [5, 5.41) is 7.48. The third-order valence-electron chi connectivity index (χ3n) is 5.95. The molecular formula is C20H36N8O. The van der Waals surface area contributed by atoms with Crippen molar-refractivity contribution in [3.63, 3.8) is 0 Å². The van der Waals surface area contributed by atoms with Crippen LogP contribution >= 0.6 is 0 Å². The van der Waals surface area contributed by atoms with Crippen LogP contribution in [0.5, 0.6) is 0 Å². The molecule has 0 unspecified atom stereocenters. The summed E-state index contributed by atoms with van der Waals surface area (Å²) in [6.07, 6.45) is 6.18. The van der Waals surface area contributed by atoms with Gasteiger partial charge in [-0.3, -0.25) is 19.4 Å². The van der Waals surface area contributed by atoms with Crippen molar-refractivity contribution in [1.29, 1.82) is 0 Å². The predicted molar refractivity (Wildman–Crippen MR) is 113 cm³/mol. The van der Waals surface area contributed by atoms with E-state index in [4.69, 9.17) is 4.99 Å². The summed E-state index contributed by atoms with van der Waals surface area (Å²) in [5.41, 5.74) is 0. The van der Waals surface area contributed by atoms with E-state index in [0.29, 0.717) is 18.4 Å². The van der Waals surface area contributed by atoms with E-state index in [1.807, 2.05) is 14.1 Å². The molecule has 9 heteroatoms. The molecule has 0 bridgehead atoms. The van der Waals surface area contributed by atoms with E-state index < -0.39 is 0 Å². The van der Waals surface area contributed by atoms with Gasteiger partial charge in [0, 0.05) is 59.3 Å². The minimum atomic E-state index is 0.290. The van der Waals surface area contributed by atoms with E-state index in [2.05, 4.69) is 37.0 Å². The lowest BCUT2D eigenvalue weighted by molar-refractivity contribution is -0.137. The van der Waals surface area contributed by atoms with Crippen molar-refractivity contribution in [2.45, 2.75) is 39.2 Å². The molecule has 1 amide bonds. The molecule has 162 valence electrons. The van der Waals surface area contributed by atoms with E-state index >= 15 is 0 Å². The number of piperazine rings is 1. The Morgan fingerprint density at radius 3 is 2.62 bits per heavy atom. The van der Waals surface area contributed by atoms with Gasteiger partial charge in [-0.25, -0.2) is 4.98 Å². The maximum atomic E-state index is 12.6. The molecule has 2 fully saturated rings. The molecule has 2 aliphatic rings. The first-order valence-electron chi connectivity index (χ1n) is 10.9. The molecule has 1 saturated heterocycles. The second-order valence-electron chi connectivity index (χ2n) is 8.04. The first kappa shape index (κ1) is 21.5. The molecule has 1 aromatic rings. The van der Waals surface area contributed by atoms with Crippen LogP contribution in [0.4, 0.5) is 0 Å². The topological polar surface area (TPSA) is 81.9 Å². The van der Waals surface area contributed by atoms with Gasteiger partial charge in [0.25, 0.3) is 0 Å².